The Balaban J connectivity index is 1.84. The summed E-state index contributed by atoms with van der Waals surface area (Å²) < 4.78 is 5.59. The summed E-state index contributed by atoms with van der Waals surface area (Å²) in [5.41, 5.74) is 2.63. The standard InChI is InChI=1S/C18H18ClNO2/c1-2-9-22-18-8-7-12(10-14(18)19)16-11-17(21)13-5-3-4-6-15(13)20-16/h3-8,10,16,20H,2,9,11H2,1H3. The van der Waals surface area contributed by atoms with Gasteiger partial charge in [0.05, 0.1) is 17.7 Å². The quantitative estimate of drug-likeness (QED) is 0.875. The minimum absolute atomic E-state index is 0.0554. The number of hydrogen-bond acceptors (Lipinski definition) is 3. The second-order valence-electron chi connectivity index (χ2n) is 5.41. The van der Waals surface area contributed by atoms with Crippen molar-refractivity contribution in [1.29, 1.82) is 0 Å². The molecule has 0 spiro atoms. The second kappa shape index (κ2) is 6.41. The van der Waals surface area contributed by atoms with Gasteiger partial charge in [-0.2, -0.15) is 0 Å². The monoisotopic (exact) mass is 315 g/mol. The number of ether oxygens (including phenoxy) is 1. The molecule has 0 aromatic heterocycles. The first-order valence-corrected chi connectivity index (χ1v) is 7.88. The van der Waals surface area contributed by atoms with E-state index in [1.165, 1.54) is 0 Å². The fourth-order valence-corrected chi connectivity index (χ4v) is 2.89. The van der Waals surface area contributed by atoms with E-state index in [0.717, 1.165) is 23.2 Å². The van der Waals surface area contributed by atoms with Gasteiger partial charge in [0.2, 0.25) is 0 Å². The van der Waals surface area contributed by atoms with Gasteiger partial charge in [-0.1, -0.05) is 36.7 Å². The number of halogens is 1. The Kier molecular flexibility index (Phi) is 4.34. The Morgan fingerprint density at radius 2 is 2.09 bits per heavy atom. The second-order valence-corrected chi connectivity index (χ2v) is 5.82. The number of para-hydroxylation sites is 1. The molecule has 114 valence electrons. The van der Waals surface area contributed by atoms with Crippen LogP contribution < -0.4 is 10.1 Å². The average molecular weight is 316 g/mol. The SMILES string of the molecule is CCCOc1ccc(C2CC(=O)c3ccccc3N2)cc1Cl. The van der Waals surface area contributed by atoms with Gasteiger partial charge in [-0.15, -0.1) is 0 Å². The number of fused-ring (bicyclic) bond motifs is 1. The molecule has 3 rings (SSSR count). The minimum Gasteiger partial charge on any atom is -0.492 e. The molecule has 2 aromatic carbocycles. The minimum atomic E-state index is -0.0554. The topological polar surface area (TPSA) is 38.3 Å². The van der Waals surface area contributed by atoms with E-state index >= 15 is 0 Å². The summed E-state index contributed by atoms with van der Waals surface area (Å²) in [6.07, 6.45) is 1.37. The van der Waals surface area contributed by atoms with Crippen LogP contribution in [0.25, 0.3) is 0 Å². The van der Waals surface area contributed by atoms with Crippen LogP contribution in [0.15, 0.2) is 42.5 Å². The van der Waals surface area contributed by atoms with Gasteiger partial charge in [0, 0.05) is 17.7 Å². The number of nitrogens with one attached hydrogen (secondary N) is 1. The highest BCUT2D eigenvalue weighted by molar-refractivity contribution is 6.32. The lowest BCUT2D eigenvalue weighted by molar-refractivity contribution is 0.0972. The van der Waals surface area contributed by atoms with E-state index in [1.807, 2.05) is 42.5 Å². The fourth-order valence-electron chi connectivity index (χ4n) is 2.65. The van der Waals surface area contributed by atoms with Crippen molar-refractivity contribution in [2.75, 3.05) is 11.9 Å². The highest BCUT2D eigenvalue weighted by Gasteiger charge is 2.25. The molecule has 0 bridgehead atoms. The maximum Gasteiger partial charge on any atom is 0.167 e. The van der Waals surface area contributed by atoms with Gasteiger partial charge in [-0.25, -0.2) is 0 Å². The third-order valence-electron chi connectivity index (χ3n) is 3.77. The van der Waals surface area contributed by atoms with Crippen LogP contribution in [-0.2, 0) is 0 Å². The van der Waals surface area contributed by atoms with Gasteiger partial charge in [0.1, 0.15) is 5.75 Å². The molecule has 1 N–H and O–H groups in total. The molecule has 2 aromatic rings. The molecule has 3 nitrogen and oxygen atoms in total. The van der Waals surface area contributed by atoms with Crippen molar-refractivity contribution < 1.29 is 9.53 Å². The van der Waals surface area contributed by atoms with Crippen molar-refractivity contribution in [3.63, 3.8) is 0 Å². The van der Waals surface area contributed by atoms with Crippen LogP contribution in [0.5, 0.6) is 5.75 Å². The molecule has 1 aliphatic rings. The lowest BCUT2D eigenvalue weighted by Crippen LogP contribution is -2.22. The van der Waals surface area contributed by atoms with E-state index in [0.29, 0.717) is 23.8 Å². The number of benzene rings is 2. The van der Waals surface area contributed by atoms with Crippen LogP contribution in [0.1, 0.15) is 41.7 Å². The van der Waals surface area contributed by atoms with E-state index < -0.39 is 0 Å². The zero-order chi connectivity index (χ0) is 15.5. The van der Waals surface area contributed by atoms with Crippen LogP contribution in [0.3, 0.4) is 0 Å². The highest BCUT2D eigenvalue weighted by atomic mass is 35.5. The summed E-state index contributed by atoms with van der Waals surface area (Å²) in [4.78, 5) is 12.3. The molecule has 1 aliphatic heterocycles. The van der Waals surface area contributed by atoms with Crippen LogP contribution in [0, 0.1) is 0 Å². The Bertz CT molecular complexity index is 699. The van der Waals surface area contributed by atoms with E-state index in [-0.39, 0.29) is 11.8 Å². The van der Waals surface area contributed by atoms with E-state index in [1.54, 1.807) is 0 Å². The highest BCUT2D eigenvalue weighted by Crippen LogP contribution is 2.35. The van der Waals surface area contributed by atoms with Crippen molar-refractivity contribution in [3.05, 3.63) is 58.6 Å². The van der Waals surface area contributed by atoms with E-state index in [9.17, 15) is 4.79 Å². The predicted octanol–water partition coefficient (Wildman–Crippen LogP) is 4.87. The summed E-state index contributed by atoms with van der Waals surface area (Å²) in [5.74, 6) is 0.844. The van der Waals surface area contributed by atoms with Gasteiger partial charge in [0.25, 0.3) is 0 Å². The summed E-state index contributed by atoms with van der Waals surface area (Å²) in [7, 11) is 0. The third-order valence-corrected chi connectivity index (χ3v) is 4.06. The zero-order valence-electron chi connectivity index (χ0n) is 12.4. The number of anilines is 1. The summed E-state index contributed by atoms with van der Waals surface area (Å²) in [6, 6.07) is 13.3. The normalized spacial score (nSPS) is 16.8. The van der Waals surface area contributed by atoms with Crippen LogP contribution in [0.4, 0.5) is 5.69 Å². The molecule has 22 heavy (non-hydrogen) atoms. The zero-order valence-corrected chi connectivity index (χ0v) is 13.2. The van der Waals surface area contributed by atoms with Crippen molar-refractivity contribution >= 4 is 23.1 Å². The van der Waals surface area contributed by atoms with Gasteiger partial charge in [-0.3, -0.25) is 4.79 Å². The van der Waals surface area contributed by atoms with Gasteiger partial charge in [0.15, 0.2) is 5.78 Å². The predicted molar refractivity (Wildman–Crippen MR) is 89.0 cm³/mol. The van der Waals surface area contributed by atoms with Crippen molar-refractivity contribution in [2.24, 2.45) is 0 Å². The molecule has 0 radical (unpaired) electrons. The van der Waals surface area contributed by atoms with Crippen molar-refractivity contribution in [2.45, 2.75) is 25.8 Å². The Hall–Kier alpha value is -2.00. The number of rotatable bonds is 4. The Morgan fingerprint density at radius 1 is 1.27 bits per heavy atom. The summed E-state index contributed by atoms with van der Waals surface area (Å²) >= 11 is 6.28. The van der Waals surface area contributed by atoms with Crippen LogP contribution in [-0.4, -0.2) is 12.4 Å². The number of carbonyl (C=O) groups excluding carboxylic acids is 1. The molecule has 0 aliphatic carbocycles. The maximum absolute atomic E-state index is 12.3. The van der Waals surface area contributed by atoms with Crippen molar-refractivity contribution in [1.82, 2.24) is 0 Å². The largest absolute Gasteiger partial charge is 0.492 e. The molecule has 1 unspecified atom stereocenters. The first-order chi connectivity index (χ1) is 10.7. The number of carbonyl (C=O) groups is 1. The van der Waals surface area contributed by atoms with E-state index in [2.05, 4.69) is 12.2 Å². The molecule has 1 atom stereocenters. The van der Waals surface area contributed by atoms with Crippen LogP contribution >= 0.6 is 11.6 Å². The van der Waals surface area contributed by atoms with Crippen LogP contribution in [0.2, 0.25) is 5.02 Å². The first kappa shape index (κ1) is 14.9. The average Bonchev–Trinajstić information content (AvgIpc) is 2.53. The molecule has 1 heterocycles. The smallest absolute Gasteiger partial charge is 0.167 e. The fraction of sp³-hybridized carbons (Fsp3) is 0.278. The summed E-state index contributed by atoms with van der Waals surface area (Å²) in [6.45, 7) is 2.70. The van der Waals surface area contributed by atoms with Gasteiger partial charge < -0.3 is 10.1 Å². The lowest BCUT2D eigenvalue weighted by Gasteiger charge is -2.26. The number of ketones is 1. The molecular weight excluding hydrogens is 298 g/mol. The third kappa shape index (κ3) is 2.95. The Labute approximate surface area is 135 Å². The molecule has 0 fully saturated rings. The Morgan fingerprint density at radius 3 is 2.86 bits per heavy atom. The molecule has 0 saturated heterocycles. The lowest BCUT2D eigenvalue weighted by atomic mass is 9.92. The first-order valence-electron chi connectivity index (χ1n) is 7.50. The summed E-state index contributed by atoms with van der Waals surface area (Å²) in [5, 5.41) is 4.00. The van der Waals surface area contributed by atoms with Gasteiger partial charge >= 0.3 is 0 Å². The number of hydrogen-bond donors (Lipinski definition) is 1. The molecular formula is C18H18ClNO2. The van der Waals surface area contributed by atoms with Gasteiger partial charge in [-0.05, 0) is 36.2 Å². The molecule has 0 saturated carbocycles. The number of Topliss-reactive ketones (excluding diaryl/α,β-unsaturated/α-hetero) is 1. The van der Waals surface area contributed by atoms with Crippen molar-refractivity contribution in [3.8, 4) is 5.75 Å². The maximum atomic E-state index is 12.3. The molecule has 4 heteroatoms. The van der Waals surface area contributed by atoms with E-state index in [4.69, 9.17) is 16.3 Å². The molecule has 0 amide bonds.